The summed E-state index contributed by atoms with van der Waals surface area (Å²) in [5.41, 5.74) is 0. The van der Waals surface area contributed by atoms with E-state index >= 15 is 0 Å². The van der Waals surface area contributed by atoms with Crippen molar-refractivity contribution in [1.82, 2.24) is 0 Å². The molecule has 0 saturated carbocycles. The number of aliphatic hydroxyl groups is 4. The zero-order valence-corrected chi connectivity index (χ0v) is 10.6. The summed E-state index contributed by atoms with van der Waals surface area (Å²) < 4.78 is 10.2. The molecular formula is C12H24O6. The first-order chi connectivity index (χ1) is 8.65. The van der Waals surface area contributed by atoms with Crippen molar-refractivity contribution in [2.45, 2.75) is 50.1 Å². The minimum absolute atomic E-state index is 0.0249. The van der Waals surface area contributed by atoms with Gasteiger partial charge in [-0.2, -0.15) is 0 Å². The first-order valence-corrected chi connectivity index (χ1v) is 6.46. The molecule has 0 radical (unpaired) electrons. The van der Waals surface area contributed by atoms with Crippen molar-refractivity contribution in [2.24, 2.45) is 0 Å². The maximum atomic E-state index is 9.02. The zero-order chi connectivity index (χ0) is 13.4. The van der Waals surface area contributed by atoms with Crippen LogP contribution in [0.5, 0.6) is 0 Å². The molecule has 0 spiro atoms. The Hall–Kier alpha value is -0.240. The van der Waals surface area contributed by atoms with Gasteiger partial charge in [-0.05, 0) is 12.8 Å². The Kier molecular flexibility index (Phi) is 7.73. The van der Waals surface area contributed by atoms with E-state index in [1.54, 1.807) is 0 Å². The van der Waals surface area contributed by atoms with Gasteiger partial charge >= 0.3 is 0 Å². The molecule has 0 aromatic heterocycles. The van der Waals surface area contributed by atoms with E-state index < -0.39 is 0 Å². The maximum Gasteiger partial charge on any atom is 0.0830 e. The summed E-state index contributed by atoms with van der Waals surface area (Å²) in [7, 11) is 0. The topological polar surface area (TPSA) is 99.4 Å². The molecule has 2 aliphatic heterocycles. The van der Waals surface area contributed by atoms with Gasteiger partial charge in [-0.15, -0.1) is 0 Å². The lowest BCUT2D eigenvalue weighted by molar-refractivity contribution is -0.0644. The highest BCUT2D eigenvalue weighted by molar-refractivity contribution is 4.69. The second kappa shape index (κ2) is 8.79. The van der Waals surface area contributed by atoms with Crippen LogP contribution in [0.4, 0.5) is 0 Å². The average Bonchev–Trinajstić information content (AvgIpc) is 2.39. The van der Waals surface area contributed by atoms with E-state index in [1.807, 2.05) is 0 Å². The highest BCUT2D eigenvalue weighted by atomic mass is 16.5. The van der Waals surface area contributed by atoms with E-state index in [1.165, 1.54) is 0 Å². The zero-order valence-electron chi connectivity index (χ0n) is 10.6. The molecule has 0 amide bonds. The van der Waals surface area contributed by atoms with Gasteiger partial charge in [-0.25, -0.2) is 0 Å². The summed E-state index contributed by atoms with van der Waals surface area (Å²) in [6, 6.07) is 0. The van der Waals surface area contributed by atoms with Crippen molar-refractivity contribution in [3.63, 3.8) is 0 Å². The molecule has 4 atom stereocenters. The van der Waals surface area contributed by atoms with Gasteiger partial charge in [0.2, 0.25) is 0 Å². The van der Waals surface area contributed by atoms with Gasteiger partial charge in [-0.3, -0.25) is 0 Å². The molecule has 6 nitrogen and oxygen atoms in total. The molecule has 2 aliphatic rings. The van der Waals surface area contributed by atoms with Crippen LogP contribution in [-0.2, 0) is 9.47 Å². The fraction of sp³-hybridized carbons (Fsp3) is 1.00. The molecule has 0 aromatic rings. The number of hydrogen-bond acceptors (Lipinski definition) is 6. The summed E-state index contributed by atoms with van der Waals surface area (Å²) in [5.74, 6) is 0. The minimum Gasteiger partial charge on any atom is -0.394 e. The summed E-state index contributed by atoms with van der Waals surface area (Å²) in [4.78, 5) is 0. The van der Waals surface area contributed by atoms with Gasteiger partial charge < -0.3 is 29.9 Å². The largest absolute Gasteiger partial charge is 0.394 e. The molecule has 0 bridgehead atoms. The molecule has 0 aromatic carbocycles. The third-order valence-corrected chi connectivity index (χ3v) is 3.09. The molecule has 6 heteroatoms. The lowest BCUT2D eigenvalue weighted by Crippen LogP contribution is -2.31. The fourth-order valence-corrected chi connectivity index (χ4v) is 1.97. The second-order valence-electron chi connectivity index (χ2n) is 4.71. The molecule has 2 rings (SSSR count). The average molecular weight is 264 g/mol. The van der Waals surface area contributed by atoms with E-state index in [9.17, 15) is 0 Å². The predicted octanol–water partition coefficient (Wildman–Crippen LogP) is -0.963. The molecule has 4 N–H and O–H groups in total. The Balaban J connectivity index is 0.000000180. The van der Waals surface area contributed by atoms with Gasteiger partial charge in [-0.1, -0.05) is 0 Å². The molecule has 2 saturated heterocycles. The normalized spacial score (nSPS) is 36.7. The summed E-state index contributed by atoms with van der Waals surface area (Å²) in [6.07, 6.45) is 1.77. The fourth-order valence-electron chi connectivity index (χ4n) is 1.97. The Morgan fingerprint density at radius 2 is 1.17 bits per heavy atom. The van der Waals surface area contributed by atoms with Crippen molar-refractivity contribution in [1.29, 1.82) is 0 Å². The number of rotatable bonds is 2. The van der Waals surface area contributed by atoms with Crippen LogP contribution >= 0.6 is 0 Å². The van der Waals surface area contributed by atoms with Crippen LogP contribution in [-0.4, -0.2) is 71.3 Å². The maximum absolute atomic E-state index is 9.02. The molecule has 0 aliphatic carbocycles. The third-order valence-electron chi connectivity index (χ3n) is 3.09. The Labute approximate surface area is 107 Å². The van der Waals surface area contributed by atoms with E-state index in [4.69, 9.17) is 29.9 Å². The van der Waals surface area contributed by atoms with Crippen molar-refractivity contribution in [3.05, 3.63) is 0 Å². The Morgan fingerprint density at radius 1 is 0.778 bits per heavy atom. The van der Waals surface area contributed by atoms with Crippen LogP contribution in [0.3, 0.4) is 0 Å². The van der Waals surface area contributed by atoms with E-state index in [0.717, 1.165) is 0 Å². The first-order valence-electron chi connectivity index (χ1n) is 6.46. The summed E-state index contributed by atoms with van der Waals surface area (Å²) in [5, 5.41) is 35.2. The Bertz CT molecular complexity index is 191. The van der Waals surface area contributed by atoms with Crippen LogP contribution in [0.15, 0.2) is 0 Å². The molecule has 18 heavy (non-hydrogen) atoms. The standard InChI is InChI=1S/2C6H12O3/c2*7-4-6-3-5(8)1-2-9-6/h2*5-8H,1-4H2. The van der Waals surface area contributed by atoms with E-state index in [2.05, 4.69) is 0 Å². The monoisotopic (exact) mass is 264 g/mol. The lowest BCUT2D eigenvalue weighted by atomic mass is 10.1. The van der Waals surface area contributed by atoms with Crippen molar-refractivity contribution in [2.75, 3.05) is 26.4 Å². The first kappa shape index (κ1) is 15.8. The quantitative estimate of drug-likeness (QED) is 0.512. The van der Waals surface area contributed by atoms with Crippen LogP contribution in [0.1, 0.15) is 25.7 Å². The SMILES string of the molecule is OCC1CC(O)CCO1.OCC1CC(O)CCO1. The van der Waals surface area contributed by atoms with Crippen LogP contribution in [0, 0.1) is 0 Å². The van der Waals surface area contributed by atoms with Crippen LogP contribution in [0.25, 0.3) is 0 Å². The molecular weight excluding hydrogens is 240 g/mol. The molecule has 4 unspecified atom stereocenters. The highest BCUT2D eigenvalue weighted by Crippen LogP contribution is 2.12. The van der Waals surface area contributed by atoms with E-state index in [-0.39, 0.29) is 37.6 Å². The van der Waals surface area contributed by atoms with Gasteiger partial charge in [0.25, 0.3) is 0 Å². The predicted molar refractivity (Wildman–Crippen MR) is 64.1 cm³/mol. The molecule has 2 fully saturated rings. The lowest BCUT2D eigenvalue weighted by Gasteiger charge is -2.24. The van der Waals surface area contributed by atoms with Crippen molar-refractivity contribution >= 4 is 0 Å². The van der Waals surface area contributed by atoms with Gasteiger partial charge in [0.15, 0.2) is 0 Å². The highest BCUT2D eigenvalue weighted by Gasteiger charge is 2.19. The molecule has 108 valence electrons. The Morgan fingerprint density at radius 3 is 1.39 bits per heavy atom. The second-order valence-corrected chi connectivity index (χ2v) is 4.71. The van der Waals surface area contributed by atoms with Gasteiger partial charge in [0, 0.05) is 26.1 Å². The van der Waals surface area contributed by atoms with Crippen LogP contribution < -0.4 is 0 Å². The molecule has 2 heterocycles. The number of aliphatic hydroxyl groups excluding tert-OH is 4. The number of ether oxygens (including phenoxy) is 2. The van der Waals surface area contributed by atoms with E-state index in [0.29, 0.717) is 38.9 Å². The van der Waals surface area contributed by atoms with Gasteiger partial charge in [0.05, 0.1) is 37.6 Å². The minimum atomic E-state index is -0.268. The van der Waals surface area contributed by atoms with Crippen molar-refractivity contribution < 1.29 is 29.9 Å². The number of hydrogen-bond donors (Lipinski definition) is 4. The summed E-state index contributed by atoms with van der Waals surface area (Å²) >= 11 is 0. The van der Waals surface area contributed by atoms with Crippen LogP contribution in [0.2, 0.25) is 0 Å². The third kappa shape index (κ3) is 6.08. The smallest absolute Gasteiger partial charge is 0.0830 e. The van der Waals surface area contributed by atoms with Crippen molar-refractivity contribution in [3.8, 4) is 0 Å². The van der Waals surface area contributed by atoms with Gasteiger partial charge in [0.1, 0.15) is 0 Å². The summed E-state index contributed by atoms with van der Waals surface area (Å²) in [6.45, 7) is 1.20.